The second-order valence-corrected chi connectivity index (χ2v) is 6.92. The molecular formula is C10H19NO2S. The van der Waals surface area contributed by atoms with Crippen LogP contribution in [-0.4, -0.2) is 32.5 Å². The van der Waals surface area contributed by atoms with Gasteiger partial charge in [0, 0.05) is 6.54 Å². The first-order valence-corrected chi connectivity index (χ1v) is 7.32. The number of hydrogen-bond acceptors (Lipinski definition) is 3. The molecule has 0 aromatic carbocycles. The quantitative estimate of drug-likeness (QED) is 0.765. The largest absolute Gasteiger partial charge is 0.315 e. The van der Waals surface area contributed by atoms with Crippen molar-refractivity contribution < 1.29 is 8.42 Å². The van der Waals surface area contributed by atoms with Gasteiger partial charge in [-0.1, -0.05) is 6.42 Å². The van der Waals surface area contributed by atoms with Crippen molar-refractivity contribution in [1.82, 2.24) is 5.32 Å². The molecule has 1 N–H and O–H groups in total. The zero-order valence-corrected chi connectivity index (χ0v) is 9.35. The lowest BCUT2D eigenvalue weighted by Gasteiger charge is -2.29. The second kappa shape index (κ2) is 4.19. The van der Waals surface area contributed by atoms with Gasteiger partial charge in [0.15, 0.2) is 9.84 Å². The van der Waals surface area contributed by atoms with Gasteiger partial charge in [0.05, 0.1) is 11.0 Å². The van der Waals surface area contributed by atoms with E-state index in [1.807, 2.05) is 0 Å². The van der Waals surface area contributed by atoms with Gasteiger partial charge < -0.3 is 5.32 Å². The van der Waals surface area contributed by atoms with Crippen LogP contribution in [0.1, 0.15) is 32.1 Å². The summed E-state index contributed by atoms with van der Waals surface area (Å²) in [6.45, 7) is 1.66. The van der Waals surface area contributed by atoms with Crippen LogP contribution in [0.3, 0.4) is 0 Å². The summed E-state index contributed by atoms with van der Waals surface area (Å²) >= 11 is 0. The third-order valence-corrected chi connectivity index (χ3v) is 5.81. The van der Waals surface area contributed by atoms with E-state index in [9.17, 15) is 8.42 Å². The maximum atomic E-state index is 11.9. The van der Waals surface area contributed by atoms with E-state index in [1.54, 1.807) is 0 Å². The van der Waals surface area contributed by atoms with Crippen LogP contribution in [0.25, 0.3) is 0 Å². The van der Waals surface area contributed by atoms with Gasteiger partial charge in [0.1, 0.15) is 0 Å². The van der Waals surface area contributed by atoms with Gasteiger partial charge in [0.2, 0.25) is 0 Å². The smallest absolute Gasteiger partial charge is 0.154 e. The molecule has 0 spiro atoms. The third kappa shape index (κ3) is 2.28. The van der Waals surface area contributed by atoms with Gasteiger partial charge >= 0.3 is 0 Å². The van der Waals surface area contributed by atoms with E-state index in [2.05, 4.69) is 5.32 Å². The fourth-order valence-corrected chi connectivity index (χ4v) is 4.41. The van der Waals surface area contributed by atoms with E-state index in [0.29, 0.717) is 18.2 Å². The predicted octanol–water partition coefficient (Wildman–Crippen LogP) is 0.953. The maximum absolute atomic E-state index is 11.9. The van der Waals surface area contributed by atoms with Crippen LogP contribution in [-0.2, 0) is 9.84 Å². The van der Waals surface area contributed by atoms with E-state index in [1.165, 1.54) is 6.42 Å². The van der Waals surface area contributed by atoms with E-state index >= 15 is 0 Å². The predicted molar refractivity (Wildman–Crippen MR) is 57.0 cm³/mol. The highest BCUT2D eigenvalue weighted by Gasteiger charge is 2.31. The lowest BCUT2D eigenvalue weighted by atomic mass is 9.87. The summed E-state index contributed by atoms with van der Waals surface area (Å²) in [5, 5.41) is 3.07. The number of nitrogens with one attached hydrogen (secondary N) is 1. The summed E-state index contributed by atoms with van der Waals surface area (Å²) < 4.78 is 23.9. The van der Waals surface area contributed by atoms with Crippen molar-refractivity contribution in [3.05, 3.63) is 0 Å². The average Bonchev–Trinajstić information content (AvgIpc) is 2.13. The van der Waals surface area contributed by atoms with Gasteiger partial charge in [-0.05, 0) is 38.1 Å². The molecule has 1 aliphatic carbocycles. The van der Waals surface area contributed by atoms with Crippen molar-refractivity contribution in [1.29, 1.82) is 0 Å². The summed E-state index contributed by atoms with van der Waals surface area (Å²) in [6, 6.07) is 0. The minimum Gasteiger partial charge on any atom is -0.315 e. The highest BCUT2D eigenvalue weighted by Crippen LogP contribution is 2.29. The molecule has 0 aromatic rings. The van der Waals surface area contributed by atoms with Crippen molar-refractivity contribution >= 4 is 9.84 Å². The van der Waals surface area contributed by atoms with E-state index < -0.39 is 9.84 Å². The average molecular weight is 217 g/mol. The van der Waals surface area contributed by atoms with Crippen molar-refractivity contribution in [3.63, 3.8) is 0 Å². The highest BCUT2D eigenvalue weighted by molar-refractivity contribution is 7.92. The Morgan fingerprint density at radius 3 is 2.43 bits per heavy atom. The summed E-state index contributed by atoms with van der Waals surface area (Å²) in [5.74, 6) is 0.918. The van der Waals surface area contributed by atoms with Crippen LogP contribution >= 0.6 is 0 Å². The van der Waals surface area contributed by atoms with Crippen LogP contribution < -0.4 is 5.32 Å². The van der Waals surface area contributed by atoms with Gasteiger partial charge in [-0.25, -0.2) is 8.42 Å². The van der Waals surface area contributed by atoms with Gasteiger partial charge in [-0.15, -0.1) is 0 Å². The van der Waals surface area contributed by atoms with Gasteiger partial charge in [-0.3, -0.25) is 0 Å². The molecule has 1 saturated heterocycles. The lowest BCUT2D eigenvalue weighted by molar-refractivity contribution is 0.345. The normalized spacial score (nSPS) is 29.9. The third-order valence-electron chi connectivity index (χ3n) is 3.45. The first-order valence-electron chi connectivity index (χ1n) is 5.61. The Labute approximate surface area is 86.2 Å². The van der Waals surface area contributed by atoms with E-state index in [-0.39, 0.29) is 5.25 Å². The Bertz CT molecular complexity index is 276. The zero-order chi connectivity index (χ0) is 10.0. The maximum Gasteiger partial charge on any atom is 0.154 e. The van der Waals surface area contributed by atoms with Crippen molar-refractivity contribution in [2.24, 2.45) is 5.92 Å². The molecule has 1 unspecified atom stereocenters. The number of sulfone groups is 1. The summed E-state index contributed by atoms with van der Waals surface area (Å²) in [7, 11) is -2.81. The van der Waals surface area contributed by atoms with Crippen LogP contribution in [0, 0.1) is 5.92 Å². The second-order valence-electron chi connectivity index (χ2n) is 4.59. The molecular weight excluding hydrogens is 198 g/mol. The summed E-state index contributed by atoms with van der Waals surface area (Å²) in [4.78, 5) is 0. The van der Waals surface area contributed by atoms with E-state index in [0.717, 1.165) is 32.2 Å². The molecule has 2 aliphatic rings. The molecule has 1 aliphatic heterocycles. The van der Waals surface area contributed by atoms with Crippen LogP contribution in [0.15, 0.2) is 0 Å². The number of hydrogen-bond donors (Lipinski definition) is 1. The molecule has 1 atom stereocenters. The van der Waals surface area contributed by atoms with Crippen molar-refractivity contribution in [2.45, 2.75) is 37.4 Å². The molecule has 0 bridgehead atoms. The Morgan fingerprint density at radius 1 is 1.14 bits per heavy atom. The molecule has 2 rings (SSSR count). The Morgan fingerprint density at radius 2 is 1.93 bits per heavy atom. The van der Waals surface area contributed by atoms with E-state index in [4.69, 9.17) is 0 Å². The minimum atomic E-state index is -2.81. The molecule has 0 radical (unpaired) electrons. The molecule has 1 heterocycles. The molecule has 4 heteroatoms. The van der Waals surface area contributed by atoms with Crippen molar-refractivity contribution in [2.75, 3.05) is 18.8 Å². The molecule has 3 nitrogen and oxygen atoms in total. The Kier molecular flexibility index (Phi) is 3.12. The summed E-state index contributed by atoms with van der Waals surface area (Å²) in [5.41, 5.74) is 0. The molecule has 0 aromatic heterocycles. The fraction of sp³-hybridized carbons (Fsp3) is 1.00. The van der Waals surface area contributed by atoms with Gasteiger partial charge in [0.25, 0.3) is 0 Å². The number of rotatable bonds is 3. The Balaban J connectivity index is 1.91. The molecule has 14 heavy (non-hydrogen) atoms. The molecule has 0 amide bonds. The zero-order valence-electron chi connectivity index (χ0n) is 8.54. The lowest BCUT2D eigenvalue weighted by Crippen LogP contribution is -2.41. The Hall–Kier alpha value is -0.0900. The minimum absolute atomic E-state index is 0.100. The summed E-state index contributed by atoms with van der Waals surface area (Å²) in [6.07, 6.45) is 5.35. The topological polar surface area (TPSA) is 46.2 Å². The standard InChI is InChI=1S/C10H19NO2S/c12-14(13,8-9-3-1-4-9)10-5-2-6-11-7-10/h9-11H,1-8H2. The van der Waals surface area contributed by atoms with Crippen LogP contribution in [0.2, 0.25) is 0 Å². The highest BCUT2D eigenvalue weighted by atomic mass is 32.2. The molecule has 1 saturated carbocycles. The first kappa shape index (κ1) is 10.4. The van der Waals surface area contributed by atoms with Gasteiger partial charge in [-0.2, -0.15) is 0 Å². The fourth-order valence-electron chi connectivity index (χ4n) is 2.25. The molecule has 82 valence electrons. The van der Waals surface area contributed by atoms with Crippen LogP contribution in [0.5, 0.6) is 0 Å². The SMILES string of the molecule is O=S(=O)(CC1CCC1)C1CCCNC1. The monoisotopic (exact) mass is 217 g/mol. The van der Waals surface area contributed by atoms with Crippen molar-refractivity contribution in [3.8, 4) is 0 Å². The molecule has 2 fully saturated rings. The van der Waals surface area contributed by atoms with Crippen LogP contribution in [0.4, 0.5) is 0 Å². The number of piperidine rings is 1. The first-order chi connectivity index (χ1) is 6.68.